The van der Waals surface area contributed by atoms with Crippen molar-refractivity contribution in [1.82, 2.24) is 0 Å². The number of ether oxygens (including phenoxy) is 3. The van der Waals surface area contributed by atoms with Crippen molar-refractivity contribution in [2.45, 2.75) is 64.4 Å². The number of rotatable bonds is 18. The summed E-state index contributed by atoms with van der Waals surface area (Å²) in [6, 6.07) is 8.32. The van der Waals surface area contributed by atoms with Crippen molar-refractivity contribution >= 4 is 0 Å². The average molecular weight is 379 g/mol. The van der Waals surface area contributed by atoms with Crippen LogP contribution in [-0.2, 0) is 15.9 Å². The molecule has 0 saturated heterocycles. The molecule has 1 aromatic rings. The maximum absolute atomic E-state index is 8.92. The van der Waals surface area contributed by atoms with Gasteiger partial charge in [-0.05, 0) is 30.5 Å². The zero-order valence-electron chi connectivity index (χ0n) is 17.0. The predicted molar refractivity (Wildman–Crippen MR) is 111 cm³/mol. The lowest BCUT2D eigenvalue weighted by atomic mass is 10.0. The van der Waals surface area contributed by atoms with Crippen LogP contribution < -0.4 is 4.74 Å². The van der Waals surface area contributed by atoms with Crippen molar-refractivity contribution in [2.24, 2.45) is 0 Å². The molecule has 0 aliphatic rings. The molecule has 1 atom stereocenters. The molecule has 1 unspecified atom stereocenters. The van der Waals surface area contributed by atoms with E-state index in [1.54, 1.807) is 6.08 Å². The predicted octanol–water partition coefficient (Wildman–Crippen LogP) is 4.94. The van der Waals surface area contributed by atoms with Crippen molar-refractivity contribution in [3.63, 3.8) is 0 Å². The van der Waals surface area contributed by atoms with E-state index in [-0.39, 0.29) is 19.3 Å². The Balaban J connectivity index is 2.25. The summed E-state index contributed by atoms with van der Waals surface area (Å²) >= 11 is 0. The molecule has 0 radical (unpaired) electrons. The molecule has 0 aromatic heterocycles. The summed E-state index contributed by atoms with van der Waals surface area (Å²) in [5, 5.41) is 8.92. The van der Waals surface area contributed by atoms with Crippen LogP contribution in [0.1, 0.15) is 57.4 Å². The van der Waals surface area contributed by atoms with Crippen LogP contribution in [0, 0.1) is 0 Å². The summed E-state index contributed by atoms with van der Waals surface area (Å²) in [6.45, 7) is 7.45. The van der Waals surface area contributed by atoms with E-state index in [1.165, 1.54) is 50.5 Å². The second-order valence-corrected chi connectivity index (χ2v) is 6.87. The van der Waals surface area contributed by atoms with Crippen LogP contribution >= 0.6 is 0 Å². The number of hydrogen-bond acceptors (Lipinski definition) is 4. The Kier molecular flexibility index (Phi) is 14.7. The van der Waals surface area contributed by atoms with Gasteiger partial charge in [-0.15, -0.1) is 6.58 Å². The summed E-state index contributed by atoms with van der Waals surface area (Å²) in [5.74, 6) is 0.833. The maximum Gasteiger partial charge on any atom is 0.119 e. The molecule has 0 saturated carbocycles. The van der Waals surface area contributed by atoms with E-state index in [0.717, 1.165) is 12.2 Å². The summed E-state index contributed by atoms with van der Waals surface area (Å²) in [4.78, 5) is 0. The molecule has 1 aromatic carbocycles. The number of unbranched alkanes of at least 4 members (excludes halogenated alkanes) is 6. The highest BCUT2D eigenvalue weighted by atomic mass is 16.6. The molecule has 0 heterocycles. The van der Waals surface area contributed by atoms with Gasteiger partial charge in [0.05, 0.1) is 26.4 Å². The first-order chi connectivity index (χ1) is 13.3. The number of hydrogen-bond donors (Lipinski definition) is 1. The van der Waals surface area contributed by atoms with Crippen molar-refractivity contribution in [3.8, 4) is 5.75 Å². The Morgan fingerprint density at radius 2 is 1.70 bits per heavy atom. The fraction of sp³-hybridized carbons (Fsp3) is 0.652. The Hall–Kier alpha value is -1.36. The average Bonchev–Trinajstić information content (AvgIpc) is 2.70. The monoisotopic (exact) mass is 378 g/mol. The van der Waals surface area contributed by atoms with Gasteiger partial charge in [0.15, 0.2) is 0 Å². The minimum absolute atomic E-state index is 0.00867. The largest absolute Gasteiger partial charge is 0.491 e. The van der Waals surface area contributed by atoms with Gasteiger partial charge in [0.1, 0.15) is 18.5 Å². The van der Waals surface area contributed by atoms with Gasteiger partial charge in [-0.3, -0.25) is 0 Å². The molecule has 0 spiro atoms. The van der Waals surface area contributed by atoms with Crippen LogP contribution in [0.2, 0.25) is 0 Å². The molecular formula is C23H38O4. The second kappa shape index (κ2) is 16.8. The second-order valence-electron chi connectivity index (χ2n) is 6.87. The van der Waals surface area contributed by atoms with Gasteiger partial charge in [-0.1, -0.05) is 63.7 Å². The standard InChI is InChI=1S/C23H38O4/c1-3-5-6-7-8-9-10-11-21-12-14-22(15-13-21)27-20-23(26-18-16-24)19-25-17-4-2/h4,12-15,23-24H,2-3,5-11,16-20H2,1H3. The third-order valence-electron chi connectivity index (χ3n) is 4.41. The van der Waals surface area contributed by atoms with Gasteiger partial charge in [0, 0.05) is 0 Å². The van der Waals surface area contributed by atoms with Gasteiger partial charge in [0.25, 0.3) is 0 Å². The Morgan fingerprint density at radius 1 is 1.00 bits per heavy atom. The van der Waals surface area contributed by atoms with E-state index in [4.69, 9.17) is 19.3 Å². The highest BCUT2D eigenvalue weighted by Gasteiger charge is 2.10. The van der Waals surface area contributed by atoms with Crippen LogP contribution in [0.25, 0.3) is 0 Å². The van der Waals surface area contributed by atoms with E-state index in [9.17, 15) is 0 Å². The summed E-state index contributed by atoms with van der Waals surface area (Å²) in [7, 11) is 0. The third kappa shape index (κ3) is 12.6. The summed E-state index contributed by atoms with van der Waals surface area (Å²) in [6.07, 6.45) is 12.0. The fourth-order valence-electron chi connectivity index (χ4n) is 2.87. The van der Waals surface area contributed by atoms with E-state index in [1.807, 2.05) is 12.1 Å². The van der Waals surface area contributed by atoms with Crippen molar-refractivity contribution in [3.05, 3.63) is 42.5 Å². The zero-order chi connectivity index (χ0) is 19.6. The third-order valence-corrected chi connectivity index (χ3v) is 4.41. The summed E-state index contributed by atoms with van der Waals surface area (Å²) in [5.41, 5.74) is 1.36. The van der Waals surface area contributed by atoms with E-state index in [0.29, 0.717) is 19.8 Å². The summed E-state index contributed by atoms with van der Waals surface area (Å²) < 4.78 is 16.8. The topological polar surface area (TPSA) is 47.9 Å². The Bertz CT molecular complexity index is 458. The molecule has 0 bridgehead atoms. The molecule has 4 heteroatoms. The van der Waals surface area contributed by atoms with Crippen LogP contribution in [0.3, 0.4) is 0 Å². The zero-order valence-corrected chi connectivity index (χ0v) is 17.0. The highest BCUT2D eigenvalue weighted by molar-refractivity contribution is 5.27. The van der Waals surface area contributed by atoms with Gasteiger partial charge in [-0.2, -0.15) is 0 Å². The van der Waals surface area contributed by atoms with Crippen molar-refractivity contribution in [1.29, 1.82) is 0 Å². The normalized spacial score (nSPS) is 12.1. The van der Waals surface area contributed by atoms with Gasteiger partial charge < -0.3 is 19.3 Å². The first-order valence-corrected chi connectivity index (χ1v) is 10.4. The van der Waals surface area contributed by atoms with E-state index in [2.05, 4.69) is 25.6 Å². The number of aliphatic hydroxyl groups excluding tert-OH is 1. The van der Waals surface area contributed by atoms with Gasteiger partial charge in [-0.25, -0.2) is 0 Å². The van der Waals surface area contributed by atoms with Crippen molar-refractivity contribution < 1.29 is 19.3 Å². The fourth-order valence-corrected chi connectivity index (χ4v) is 2.87. The van der Waals surface area contributed by atoms with Crippen LogP contribution in [0.5, 0.6) is 5.75 Å². The first kappa shape index (κ1) is 23.7. The molecule has 0 aliphatic heterocycles. The van der Waals surface area contributed by atoms with E-state index < -0.39 is 0 Å². The number of aryl methyl sites for hydroxylation is 1. The Labute approximate surface area is 165 Å². The van der Waals surface area contributed by atoms with Crippen LogP contribution in [0.4, 0.5) is 0 Å². The lowest BCUT2D eigenvalue weighted by Gasteiger charge is -2.18. The van der Waals surface area contributed by atoms with Crippen LogP contribution in [-0.4, -0.2) is 44.2 Å². The van der Waals surface area contributed by atoms with Crippen molar-refractivity contribution in [2.75, 3.05) is 33.0 Å². The molecule has 1 rings (SSSR count). The molecule has 0 amide bonds. The SMILES string of the molecule is C=CCOCC(COc1ccc(CCCCCCCCC)cc1)OCCO. The number of aliphatic hydroxyl groups is 1. The minimum atomic E-state index is -0.204. The first-order valence-electron chi connectivity index (χ1n) is 10.4. The lowest BCUT2D eigenvalue weighted by molar-refractivity contribution is -0.0418. The molecule has 4 nitrogen and oxygen atoms in total. The molecule has 0 fully saturated rings. The Morgan fingerprint density at radius 3 is 2.37 bits per heavy atom. The van der Waals surface area contributed by atoms with E-state index >= 15 is 0 Å². The molecule has 1 N–H and O–H groups in total. The van der Waals surface area contributed by atoms with Gasteiger partial charge >= 0.3 is 0 Å². The quantitative estimate of drug-likeness (QED) is 0.290. The molecular weight excluding hydrogens is 340 g/mol. The minimum Gasteiger partial charge on any atom is -0.491 e. The number of benzene rings is 1. The molecule has 27 heavy (non-hydrogen) atoms. The van der Waals surface area contributed by atoms with Crippen LogP contribution in [0.15, 0.2) is 36.9 Å². The van der Waals surface area contributed by atoms with Gasteiger partial charge in [0.2, 0.25) is 0 Å². The molecule has 0 aliphatic carbocycles. The molecule has 154 valence electrons. The smallest absolute Gasteiger partial charge is 0.119 e. The lowest BCUT2D eigenvalue weighted by Crippen LogP contribution is -2.28. The maximum atomic E-state index is 8.92. The highest BCUT2D eigenvalue weighted by Crippen LogP contribution is 2.16.